The van der Waals surface area contributed by atoms with Crippen molar-refractivity contribution in [3.8, 4) is 6.07 Å². The molecule has 3 N–H and O–H groups in total. The highest BCUT2D eigenvalue weighted by molar-refractivity contribution is 7.17. The van der Waals surface area contributed by atoms with Gasteiger partial charge in [0.25, 0.3) is 0 Å². The second-order valence-electron chi connectivity index (χ2n) is 6.24. The number of nitrogen functional groups attached to an aromatic ring is 1. The molecule has 1 aromatic heterocycles. The van der Waals surface area contributed by atoms with E-state index in [9.17, 15) is 4.79 Å². The number of hydrogen-bond donors (Lipinski definition) is 2. The minimum absolute atomic E-state index is 0.216. The van der Waals surface area contributed by atoms with Crippen LogP contribution in [-0.4, -0.2) is 19.1 Å². The Kier molecular flexibility index (Phi) is 4.43. The molecule has 0 aromatic carbocycles. The van der Waals surface area contributed by atoms with Crippen molar-refractivity contribution in [1.29, 1.82) is 5.26 Å². The number of methoxy groups -OCH3 is 1. The van der Waals surface area contributed by atoms with E-state index >= 15 is 0 Å². The maximum atomic E-state index is 11.9. The van der Waals surface area contributed by atoms with Crippen molar-refractivity contribution in [3.05, 3.63) is 10.4 Å². The van der Waals surface area contributed by atoms with Gasteiger partial charge in [-0.1, -0.05) is 13.8 Å². The monoisotopic (exact) mass is 307 g/mol. The van der Waals surface area contributed by atoms with Crippen LogP contribution in [0.25, 0.3) is 0 Å². The molecule has 21 heavy (non-hydrogen) atoms. The highest BCUT2D eigenvalue weighted by Gasteiger charge is 2.29. The lowest BCUT2D eigenvalue weighted by Crippen LogP contribution is -2.30. The number of ether oxygens (including phenoxy) is 1. The lowest BCUT2D eigenvalue weighted by Gasteiger charge is -2.34. The van der Waals surface area contributed by atoms with Crippen molar-refractivity contribution in [2.75, 3.05) is 18.2 Å². The van der Waals surface area contributed by atoms with Gasteiger partial charge in [0, 0.05) is 6.04 Å². The van der Waals surface area contributed by atoms with E-state index in [2.05, 4.69) is 19.2 Å². The average molecular weight is 307 g/mol. The minimum atomic E-state index is -0.496. The predicted molar refractivity (Wildman–Crippen MR) is 84.4 cm³/mol. The fraction of sp³-hybridized carbons (Fsp3) is 0.600. The number of nitrogens with one attached hydrogen (secondary N) is 1. The molecule has 1 aromatic rings. The summed E-state index contributed by atoms with van der Waals surface area (Å²) < 4.78 is 4.78. The Bertz CT molecular complexity index is 576. The summed E-state index contributed by atoms with van der Waals surface area (Å²) in [7, 11) is 1.32. The van der Waals surface area contributed by atoms with Crippen LogP contribution in [-0.2, 0) is 4.74 Å². The number of nitrogens with two attached hydrogens (primary N) is 1. The standard InChI is InChI=1S/C15H21N3O2S/c1-15(2)6-4-9(5-7-15)18-13-11(14(19)20-3)12(17)10(8-16)21-13/h9,18H,4-7,17H2,1-3H3. The Balaban J connectivity index is 2.20. The van der Waals surface area contributed by atoms with Gasteiger partial charge < -0.3 is 15.8 Å². The molecule has 1 heterocycles. The Morgan fingerprint density at radius 1 is 1.48 bits per heavy atom. The molecule has 0 spiro atoms. The summed E-state index contributed by atoms with van der Waals surface area (Å²) in [6.45, 7) is 4.56. The van der Waals surface area contributed by atoms with Gasteiger partial charge in [-0.15, -0.1) is 11.3 Å². The summed E-state index contributed by atoms with van der Waals surface area (Å²) in [5, 5.41) is 13.1. The van der Waals surface area contributed by atoms with E-state index in [4.69, 9.17) is 15.7 Å². The van der Waals surface area contributed by atoms with Crippen LogP contribution in [0.2, 0.25) is 0 Å². The molecule has 0 unspecified atom stereocenters. The molecule has 1 aliphatic carbocycles. The van der Waals surface area contributed by atoms with Gasteiger partial charge in [-0.3, -0.25) is 0 Å². The number of rotatable bonds is 3. The summed E-state index contributed by atoms with van der Waals surface area (Å²) >= 11 is 1.23. The van der Waals surface area contributed by atoms with E-state index in [1.54, 1.807) is 0 Å². The number of carbonyl (C=O) groups is 1. The zero-order valence-corrected chi connectivity index (χ0v) is 13.5. The Labute approximate surface area is 129 Å². The highest BCUT2D eigenvalue weighted by Crippen LogP contribution is 2.40. The SMILES string of the molecule is COC(=O)c1c(NC2CCC(C)(C)CC2)sc(C#N)c1N. The summed E-state index contributed by atoms with van der Waals surface area (Å²) in [6, 6.07) is 2.34. The van der Waals surface area contributed by atoms with Gasteiger partial charge in [0.1, 0.15) is 21.5 Å². The van der Waals surface area contributed by atoms with Crippen LogP contribution in [0.1, 0.15) is 54.8 Å². The van der Waals surface area contributed by atoms with Crippen LogP contribution in [0.3, 0.4) is 0 Å². The van der Waals surface area contributed by atoms with Crippen molar-refractivity contribution >= 4 is 28.0 Å². The van der Waals surface area contributed by atoms with Crippen LogP contribution < -0.4 is 11.1 Å². The molecule has 114 valence electrons. The van der Waals surface area contributed by atoms with Crippen LogP contribution in [0.4, 0.5) is 10.7 Å². The van der Waals surface area contributed by atoms with Gasteiger partial charge in [0.15, 0.2) is 0 Å². The Morgan fingerprint density at radius 3 is 2.62 bits per heavy atom. The molecular weight excluding hydrogens is 286 g/mol. The fourth-order valence-corrected chi connectivity index (χ4v) is 3.65. The third-order valence-electron chi connectivity index (χ3n) is 4.11. The van der Waals surface area contributed by atoms with Gasteiger partial charge in [-0.2, -0.15) is 5.26 Å². The van der Waals surface area contributed by atoms with Gasteiger partial charge in [-0.25, -0.2) is 4.79 Å². The molecule has 0 aliphatic heterocycles. The largest absolute Gasteiger partial charge is 0.465 e. The van der Waals surface area contributed by atoms with Crippen LogP contribution in [0.15, 0.2) is 0 Å². The average Bonchev–Trinajstić information content (AvgIpc) is 2.76. The molecular formula is C15H21N3O2S. The molecule has 0 amide bonds. The van der Waals surface area contributed by atoms with Crippen LogP contribution in [0, 0.1) is 16.7 Å². The number of carbonyl (C=O) groups excluding carboxylic acids is 1. The third-order valence-corrected chi connectivity index (χ3v) is 5.15. The third kappa shape index (κ3) is 3.30. The molecule has 0 bridgehead atoms. The topological polar surface area (TPSA) is 88.1 Å². The second-order valence-corrected chi connectivity index (χ2v) is 7.26. The van der Waals surface area contributed by atoms with Gasteiger partial charge >= 0.3 is 5.97 Å². The summed E-state index contributed by atoms with van der Waals surface area (Å²) in [5.74, 6) is -0.496. The first-order chi connectivity index (χ1) is 9.88. The molecule has 1 fully saturated rings. The number of hydrogen-bond acceptors (Lipinski definition) is 6. The van der Waals surface area contributed by atoms with Gasteiger partial charge in [0.05, 0.1) is 12.8 Å². The maximum absolute atomic E-state index is 11.9. The first-order valence-electron chi connectivity index (χ1n) is 7.05. The molecule has 0 radical (unpaired) electrons. The van der Waals surface area contributed by atoms with Crippen molar-refractivity contribution < 1.29 is 9.53 Å². The number of nitriles is 1. The van der Waals surface area contributed by atoms with E-state index in [1.807, 2.05) is 6.07 Å². The Hall–Kier alpha value is -1.74. The van der Waals surface area contributed by atoms with E-state index < -0.39 is 5.97 Å². The van der Waals surface area contributed by atoms with Crippen LogP contribution >= 0.6 is 11.3 Å². The van der Waals surface area contributed by atoms with Crippen molar-refractivity contribution in [2.45, 2.75) is 45.6 Å². The molecule has 0 atom stereocenters. The van der Waals surface area contributed by atoms with Crippen molar-refractivity contribution in [3.63, 3.8) is 0 Å². The quantitative estimate of drug-likeness (QED) is 0.836. The number of thiophene rings is 1. The molecule has 2 rings (SSSR count). The number of nitrogens with zero attached hydrogens (tertiary/aromatic N) is 1. The first-order valence-corrected chi connectivity index (χ1v) is 7.87. The smallest absolute Gasteiger partial charge is 0.343 e. The Morgan fingerprint density at radius 2 is 2.10 bits per heavy atom. The van der Waals surface area contributed by atoms with E-state index in [0.717, 1.165) is 25.7 Å². The molecule has 5 nitrogen and oxygen atoms in total. The first kappa shape index (κ1) is 15.6. The summed E-state index contributed by atoms with van der Waals surface area (Å²) in [4.78, 5) is 12.2. The van der Waals surface area contributed by atoms with E-state index in [1.165, 1.54) is 18.4 Å². The van der Waals surface area contributed by atoms with E-state index in [-0.39, 0.29) is 5.69 Å². The summed E-state index contributed by atoms with van der Waals surface area (Å²) in [5.41, 5.74) is 6.78. The summed E-state index contributed by atoms with van der Waals surface area (Å²) in [6.07, 6.45) is 4.38. The number of anilines is 2. The lowest BCUT2D eigenvalue weighted by molar-refractivity contribution is 0.0603. The second kappa shape index (κ2) is 5.94. The molecule has 1 aliphatic rings. The molecule has 0 saturated heterocycles. The maximum Gasteiger partial charge on any atom is 0.343 e. The minimum Gasteiger partial charge on any atom is -0.465 e. The fourth-order valence-electron chi connectivity index (χ4n) is 2.66. The van der Waals surface area contributed by atoms with Gasteiger partial charge in [-0.05, 0) is 31.1 Å². The molecule has 1 saturated carbocycles. The van der Waals surface area contributed by atoms with Crippen LogP contribution in [0.5, 0.6) is 0 Å². The predicted octanol–water partition coefficient (Wildman–Crippen LogP) is 3.37. The zero-order chi connectivity index (χ0) is 15.6. The lowest BCUT2D eigenvalue weighted by atomic mass is 9.75. The highest BCUT2D eigenvalue weighted by atomic mass is 32.1. The van der Waals surface area contributed by atoms with E-state index in [0.29, 0.717) is 26.9 Å². The van der Waals surface area contributed by atoms with Gasteiger partial charge in [0.2, 0.25) is 0 Å². The molecule has 6 heteroatoms. The number of esters is 1. The van der Waals surface area contributed by atoms with Crippen molar-refractivity contribution in [1.82, 2.24) is 0 Å². The zero-order valence-electron chi connectivity index (χ0n) is 12.7. The van der Waals surface area contributed by atoms with Crippen molar-refractivity contribution in [2.24, 2.45) is 5.41 Å². The normalized spacial score (nSPS) is 18.0.